The Kier molecular flexibility index (Phi) is 5.56. The van der Waals surface area contributed by atoms with E-state index in [2.05, 4.69) is 127 Å². The summed E-state index contributed by atoms with van der Waals surface area (Å²) in [5, 5.41) is 14.0. The molecule has 1 heteroatoms. The zero-order chi connectivity index (χ0) is 31.1. The van der Waals surface area contributed by atoms with E-state index >= 15 is 0 Å². The first-order chi connectivity index (χ1) is 23.2. The molecule has 0 radical (unpaired) electrons. The lowest BCUT2D eigenvalue weighted by Gasteiger charge is -2.17. The van der Waals surface area contributed by atoms with Crippen molar-refractivity contribution in [1.29, 1.82) is 0 Å². The molecule has 0 aliphatic heterocycles. The van der Waals surface area contributed by atoms with E-state index in [0.717, 1.165) is 16.5 Å². The molecule has 10 aromatic carbocycles. The highest BCUT2D eigenvalue weighted by Crippen LogP contribution is 2.44. The molecule has 0 nitrogen and oxygen atoms in total. The van der Waals surface area contributed by atoms with Crippen molar-refractivity contribution in [3.63, 3.8) is 0 Å². The Hall–Kier alpha value is -6.05. The maximum atomic E-state index is 14.8. The minimum Gasteiger partial charge on any atom is -0.206 e. The van der Waals surface area contributed by atoms with Crippen molar-refractivity contribution in [1.82, 2.24) is 0 Å². The van der Waals surface area contributed by atoms with Gasteiger partial charge >= 0.3 is 0 Å². The number of halogens is 1. The average molecular weight is 599 g/mol. The second-order valence-corrected chi connectivity index (χ2v) is 12.6. The van der Waals surface area contributed by atoms with Crippen molar-refractivity contribution in [2.45, 2.75) is 0 Å². The highest BCUT2D eigenvalue weighted by atomic mass is 19.1. The van der Waals surface area contributed by atoms with Crippen molar-refractivity contribution in [3.05, 3.63) is 170 Å². The zero-order valence-electron chi connectivity index (χ0n) is 25.5. The second kappa shape index (κ2) is 9.97. The monoisotopic (exact) mass is 598 g/mol. The summed E-state index contributed by atoms with van der Waals surface area (Å²) in [6, 6.07) is 58.0. The molecule has 10 rings (SSSR count). The fraction of sp³-hybridized carbons (Fsp3) is 0. The van der Waals surface area contributed by atoms with Crippen LogP contribution in [0.5, 0.6) is 0 Å². The Balaban J connectivity index is 1.17. The van der Waals surface area contributed by atoms with Gasteiger partial charge in [-0.25, -0.2) is 4.39 Å². The Bertz CT molecular complexity index is 2790. The van der Waals surface area contributed by atoms with Crippen LogP contribution in [0.3, 0.4) is 0 Å². The molecule has 10 aromatic rings. The van der Waals surface area contributed by atoms with Crippen molar-refractivity contribution in [2.75, 3.05) is 0 Å². The molecule has 0 aliphatic rings. The van der Waals surface area contributed by atoms with Crippen LogP contribution in [0.4, 0.5) is 4.39 Å². The van der Waals surface area contributed by atoms with E-state index in [1.807, 2.05) is 30.3 Å². The number of hydrogen-bond acceptors (Lipinski definition) is 0. The lowest BCUT2D eigenvalue weighted by Crippen LogP contribution is -1.91. The Morgan fingerprint density at radius 1 is 0.298 bits per heavy atom. The summed E-state index contributed by atoms with van der Waals surface area (Å²) >= 11 is 0. The van der Waals surface area contributed by atoms with Crippen molar-refractivity contribution in [3.8, 4) is 33.4 Å². The fourth-order valence-electron chi connectivity index (χ4n) is 7.93. The van der Waals surface area contributed by atoms with Crippen molar-refractivity contribution >= 4 is 64.6 Å². The minimum atomic E-state index is -0.189. The van der Waals surface area contributed by atoms with Crippen LogP contribution in [-0.4, -0.2) is 0 Å². The van der Waals surface area contributed by atoms with Gasteiger partial charge in [-0.05, 0) is 105 Å². The molecule has 0 aromatic heterocycles. The van der Waals surface area contributed by atoms with Crippen molar-refractivity contribution in [2.24, 2.45) is 0 Å². The summed E-state index contributed by atoms with van der Waals surface area (Å²) in [5.74, 6) is -0.189. The second-order valence-electron chi connectivity index (χ2n) is 12.6. The lowest BCUT2D eigenvalue weighted by atomic mass is 9.86. The van der Waals surface area contributed by atoms with Crippen LogP contribution in [0.25, 0.3) is 98.0 Å². The van der Waals surface area contributed by atoms with Gasteiger partial charge in [-0.1, -0.05) is 152 Å². The van der Waals surface area contributed by atoms with E-state index in [1.54, 1.807) is 6.07 Å². The molecule has 218 valence electrons. The van der Waals surface area contributed by atoms with E-state index in [4.69, 9.17) is 0 Å². The van der Waals surface area contributed by atoms with Crippen LogP contribution in [0.15, 0.2) is 164 Å². The molecular formula is C46H27F. The summed E-state index contributed by atoms with van der Waals surface area (Å²) in [6.07, 6.45) is 0. The summed E-state index contributed by atoms with van der Waals surface area (Å²) in [7, 11) is 0. The quantitative estimate of drug-likeness (QED) is 0.140. The maximum absolute atomic E-state index is 14.8. The molecule has 0 unspecified atom stereocenters. The zero-order valence-corrected chi connectivity index (χ0v) is 25.5. The highest BCUT2D eigenvalue weighted by Gasteiger charge is 2.17. The molecule has 0 bridgehead atoms. The van der Waals surface area contributed by atoms with E-state index in [-0.39, 0.29) is 5.82 Å². The van der Waals surface area contributed by atoms with Crippen LogP contribution < -0.4 is 0 Å². The molecule has 0 aliphatic carbocycles. The third-order valence-electron chi connectivity index (χ3n) is 10.1. The molecule has 0 atom stereocenters. The van der Waals surface area contributed by atoms with Gasteiger partial charge in [0.2, 0.25) is 0 Å². The van der Waals surface area contributed by atoms with E-state index in [9.17, 15) is 4.39 Å². The standard InChI is InChI=1S/C46H27F/c47-43-26-25-38(37-11-5-6-12-40(37)43)39-22-18-31-19-23-41-34(21-17-30-20-24-42(39)46(31)45(30)41)28-13-15-29(16-14-28)44-35-9-3-1-7-32(35)27-33-8-2-4-10-36(33)44/h1-27H. The maximum Gasteiger partial charge on any atom is 0.131 e. The van der Waals surface area contributed by atoms with Crippen LogP contribution in [0.2, 0.25) is 0 Å². The van der Waals surface area contributed by atoms with Gasteiger partial charge in [0.15, 0.2) is 0 Å². The smallest absolute Gasteiger partial charge is 0.131 e. The average Bonchev–Trinajstić information content (AvgIpc) is 3.13. The Morgan fingerprint density at radius 2 is 0.766 bits per heavy atom. The molecular weight excluding hydrogens is 572 g/mol. The highest BCUT2D eigenvalue weighted by molar-refractivity contribution is 6.28. The van der Waals surface area contributed by atoms with Crippen molar-refractivity contribution < 1.29 is 4.39 Å². The van der Waals surface area contributed by atoms with Crippen LogP contribution in [-0.2, 0) is 0 Å². The summed E-state index contributed by atoms with van der Waals surface area (Å²) < 4.78 is 14.8. The predicted octanol–water partition coefficient (Wildman–Crippen LogP) is 13.2. The molecule has 47 heavy (non-hydrogen) atoms. The van der Waals surface area contributed by atoms with E-state index in [1.165, 1.54) is 76.1 Å². The van der Waals surface area contributed by atoms with Gasteiger partial charge in [0.25, 0.3) is 0 Å². The fourth-order valence-corrected chi connectivity index (χ4v) is 7.93. The van der Waals surface area contributed by atoms with E-state index < -0.39 is 0 Å². The first kappa shape index (κ1) is 26.2. The number of hydrogen-bond donors (Lipinski definition) is 0. The Labute approximate surface area is 271 Å². The third-order valence-corrected chi connectivity index (χ3v) is 10.1. The topological polar surface area (TPSA) is 0 Å². The first-order valence-electron chi connectivity index (χ1n) is 16.1. The predicted molar refractivity (Wildman–Crippen MR) is 199 cm³/mol. The normalized spacial score (nSPS) is 11.9. The molecule has 0 heterocycles. The van der Waals surface area contributed by atoms with Crippen LogP contribution >= 0.6 is 0 Å². The molecule has 0 N–H and O–H groups in total. The minimum absolute atomic E-state index is 0.189. The number of fused-ring (bicyclic) bond motifs is 3. The van der Waals surface area contributed by atoms with Gasteiger partial charge in [0, 0.05) is 5.39 Å². The number of benzene rings is 10. The number of rotatable bonds is 3. The SMILES string of the molecule is Fc1ccc(-c2ccc3ccc4c(-c5ccc(-c6c7ccccc7cc7ccccc67)cc5)ccc5ccc2c3c54)c2ccccc12. The van der Waals surface area contributed by atoms with Gasteiger partial charge in [-0.2, -0.15) is 0 Å². The van der Waals surface area contributed by atoms with Gasteiger partial charge in [-0.15, -0.1) is 0 Å². The Morgan fingerprint density at radius 3 is 1.43 bits per heavy atom. The third kappa shape index (κ3) is 3.87. The summed E-state index contributed by atoms with van der Waals surface area (Å²) in [4.78, 5) is 0. The molecule has 0 fully saturated rings. The molecule has 0 saturated heterocycles. The molecule has 0 amide bonds. The van der Waals surface area contributed by atoms with E-state index in [0.29, 0.717) is 5.39 Å². The summed E-state index contributed by atoms with van der Waals surface area (Å²) in [6.45, 7) is 0. The lowest BCUT2D eigenvalue weighted by molar-refractivity contribution is 0.640. The summed E-state index contributed by atoms with van der Waals surface area (Å²) in [5.41, 5.74) is 7.09. The first-order valence-corrected chi connectivity index (χ1v) is 16.1. The van der Waals surface area contributed by atoms with Gasteiger partial charge in [0.05, 0.1) is 0 Å². The van der Waals surface area contributed by atoms with Gasteiger partial charge in [-0.3, -0.25) is 0 Å². The van der Waals surface area contributed by atoms with Crippen LogP contribution in [0, 0.1) is 5.82 Å². The molecule has 0 saturated carbocycles. The largest absolute Gasteiger partial charge is 0.206 e. The van der Waals surface area contributed by atoms with Crippen LogP contribution in [0.1, 0.15) is 0 Å². The van der Waals surface area contributed by atoms with Gasteiger partial charge < -0.3 is 0 Å². The molecule has 0 spiro atoms. The van der Waals surface area contributed by atoms with Gasteiger partial charge in [0.1, 0.15) is 5.82 Å².